The third-order valence-electron chi connectivity index (χ3n) is 1.31. The average molecular weight is 202 g/mol. The van der Waals surface area contributed by atoms with E-state index in [-0.39, 0.29) is 0 Å². The predicted molar refractivity (Wildman–Crippen MR) is 53.5 cm³/mol. The van der Waals surface area contributed by atoms with Gasteiger partial charge in [0.15, 0.2) is 0 Å². The quantitative estimate of drug-likeness (QED) is 0.766. The van der Waals surface area contributed by atoms with E-state index >= 15 is 0 Å². The second-order valence-electron chi connectivity index (χ2n) is 2.56. The third kappa shape index (κ3) is 3.96. The van der Waals surface area contributed by atoms with Crippen LogP contribution in [0.4, 0.5) is 0 Å². The predicted octanol–water partition coefficient (Wildman–Crippen LogP) is 2.74. The summed E-state index contributed by atoms with van der Waals surface area (Å²) in [6.07, 6.45) is 0. The Morgan fingerprint density at radius 3 is 2.50 bits per heavy atom. The maximum Gasteiger partial charge on any atom is 0.252 e. The van der Waals surface area contributed by atoms with Crippen LogP contribution in [0.1, 0.15) is 5.56 Å². The zero-order valence-electron chi connectivity index (χ0n) is 6.80. The first kappa shape index (κ1) is 9.85. The molecule has 4 heteroatoms. The largest absolute Gasteiger partial charge is 0.337 e. The molecule has 66 valence electrons. The molecule has 0 radical (unpaired) electrons. The van der Waals surface area contributed by atoms with Crippen LogP contribution >= 0.6 is 18.0 Å². The highest BCUT2D eigenvalue weighted by Crippen LogP contribution is 2.52. The van der Waals surface area contributed by atoms with Crippen molar-refractivity contribution in [3.05, 3.63) is 35.9 Å². The third-order valence-corrected chi connectivity index (χ3v) is 4.08. The molecule has 1 rings (SSSR count). The minimum Gasteiger partial charge on any atom is -0.337 e. The summed E-state index contributed by atoms with van der Waals surface area (Å²) in [6, 6.07) is 9.67. The Morgan fingerprint density at radius 2 is 2.00 bits per heavy atom. The molecule has 1 aromatic rings. The Bertz CT molecular complexity index is 280. The number of hydrogen-bond acceptors (Lipinski definition) is 2. The first-order chi connectivity index (χ1) is 5.58. The van der Waals surface area contributed by atoms with Crippen molar-refractivity contribution in [2.45, 2.75) is 5.75 Å². The Morgan fingerprint density at radius 1 is 1.42 bits per heavy atom. The van der Waals surface area contributed by atoms with E-state index in [9.17, 15) is 4.57 Å². The SMILES string of the molecule is CP(=O)(O)SCc1ccccc1. The van der Waals surface area contributed by atoms with E-state index in [1.54, 1.807) is 0 Å². The summed E-state index contributed by atoms with van der Waals surface area (Å²) in [5.74, 6) is 0.602. The molecular weight excluding hydrogens is 191 g/mol. The maximum absolute atomic E-state index is 10.9. The first-order valence-electron chi connectivity index (χ1n) is 3.57. The molecule has 0 aliphatic rings. The van der Waals surface area contributed by atoms with Gasteiger partial charge >= 0.3 is 0 Å². The Labute approximate surface area is 76.2 Å². The lowest BCUT2D eigenvalue weighted by Crippen LogP contribution is -1.78. The highest BCUT2D eigenvalue weighted by molar-refractivity contribution is 8.55. The van der Waals surface area contributed by atoms with Crippen molar-refractivity contribution in [2.75, 3.05) is 6.66 Å². The van der Waals surface area contributed by atoms with Crippen molar-refractivity contribution in [1.29, 1.82) is 0 Å². The summed E-state index contributed by atoms with van der Waals surface area (Å²) < 4.78 is 10.9. The van der Waals surface area contributed by atoms with Crippen LogP contribution in [-0.2, 0) is 10.3 Å². The molecule has 0 aliphatic carbocycles. The average Bonchev–Trinajstić information content (AvgIpc) is 2.02. The number of benzene rings is 1. The van der Waals surface area contributed by atoms with Crippen molar-refractivity contribution in [2.24, 2.45) is 0 Å². The highest BCUT2D eigenvalue weighted by atomic mass is 32.7. The molecule has 2 nitrogen and oxygen atoms in total. The van der Waals surface area contributed by atoms with Crippen molar-refractivity contribution in [3.8, 4) is 0 Å². The van der Waals surface area contributed by atoms with E-state index in [4.69, 9.17) is 4.89 Å². The summed E-state index contributed by atoms with van der Waals surface area (Å²) in [5, 5.41) is 0. The maximum atomic E-state index is 10.9. The summed E-state index contributed by atoms with van der Waals surface area (Å²) in [6.45, 7) is -1.55. The lowest BCUT2D eigenvalue weighted by molar-refractivity contribution is 0.503. The molecule has 0 bridgehead atoms. The number of hydrogen-bond donors (Lipinski definition) is 1. The van der Waals surface area contributed by atoms with Gasteiger partial charge in [0.25, 0.3) is 6.57 Å². The second-order valence-corrected chi connectivity index (χ2v) is 7.52. The Kier molecular flexibility index (Phi) is 3.39. The van der Waals surface area contributed by atoms with Crippen molar-refractivity contribution >= 4 is 18.0 Å². The molecular formula is C8H11O2PS. The van der Waals surface area contributed by atoms with Gasteiger partial charge in [-0.3, -0.25) is 4.57 Å². The van der Waals surface area contributed by atoms with Gasteiger partial charge in [0.05, 0.1) is 0 Å². The Hall–Kier alpha value is -0.240. The fourth-order valence-corrected chi connectivity index (χ4v) is 2.52. The normalized spacial score (nSPS) is 15.5. The summed E-state index contributed by atoms with van der Waals surface area (Å²) in [4.78, 5) is 9.00. The van der Waals surface area contributed by atoms with Gasteiger partial charge in [-0.1, -0.05) is 41.7 Å². The van der Waals surface area contributed by atoms with Gasteiger partial charge in [-0.05, 0) is 5.56 Å². The van der Waals surface area contributed by atoms with Gasteiger partial charge < -0.3 is 4.89 Å². The standard InChI is InChI=1S/C8H11O2PS/c1-11(9,10)12-7-8-5-3-2-4-6-8/h2-6H,7H2,1H3,(H,9,10). The summed E-state index contributed by atoms with van der Waals surface area (Å²) in [7, 11) is 0. The smallest absolute Gasteiger partial charge is 0.252 e. The molecule has 1 atom stereocenters. The molecule has 1 unspecified atom stereocenters. The van der Waals surface area contributed by atoms with Crippen LogP contribution in [0.3, 0.4) is 0 Å². The zero-order chi connectivity index (χ0) is 9.03. The van der Waals surface area contributed by atoms with E-state index in [1.807, 2.05) is 30.3 Å². The zero-order valence-corrected chi connectivity index (χ0v) is 8.52. The van der Waals surface area contributed by atoms with Gasteiger partial charge in [-0.2, -0.15) is 0 Å². The van der Waals surface area contributed by atoms with Crippen molar-refractivity contribution < 1.29 is 9.46 Å². The molecule has 0 aromatic heterocycles. The molecule has 0 saturated carbocycles. The van der Waals surface area contributed by atoms with E-state index in [0.29, 0.717) is 5.75 Å². The van der Waals surface area contributed by atoms with E-state index < -0.39 is 6.57 Å². The molecule has 0 fully saturated rings. The van der Waals surface area contributed by atoms with Crippen LogP contribution in [0.5, 0.6) is 0 Å². The van der Waals surface area contributed by atoms with Gasteiger partial charge in [-0.15, -0.1) is 0 Å². The topological polar surface area (TPSA) is 37.3 Å². The number of rotatable bonds is 3. The molecule has 0 aliphatic heterocycles. The molecule has 0 spiro atoms. The second kappa shape index (κ2) is 4.13. The van der Waals surface area contributed by atoms with Crippen LogP contribution in [0.25, 0.3) is 0 Å². The van der Waals surface area contributed by atoms with Gasteiger partial charge in [-0.25, -0.2) is 0 Å². The lowest BCUT2D eigenvalue weighted by Gasteiger charge is -2.03. The highest BCUT2D eigenvalue weighted by Gasteiger charge is 2.09. The monoisotopic (exact) mass is 202 g/mol. The van der Waals surface area contributed by atoms with Gasteiger partial charge in [0, 0.05) is 12.4 Å². The van der Waals surface area contributed by atoms with Crippen LogP contribution in [0.2, 0.25) is 0 Å². The minimum absolute atomic E-state index is 0.602. The summed E-state index contributed by atoms with van der Waals surface area (Å²) >= 11 is 1.10. The molecule has 0 saturated heterocycles. The summed E-state index contributed by atoms with van der Waals surface area (Å²) in [5.41, 5.74) is 1.08. The van der Waals surface area contributed by atoms with Crippen LogP contribution in [0.15, 0.2) is 30.3 Å². The molecule has 1 aromatic carbocycles. The van der Waals surface area contributed by atoms with Crippen molar-refractivity contribution in [1.82, 2.24) is 0 Å². The molecule has 12 heavy (non-hydrogen) atoms. The fraction of sp³-hybridized carbons (Fsp3) is 0.250. The van der Waals surface area contributed by atoms with Gasteiger partial charge in [0.1, 0.15) is 0 Å². The molecule has 1 N–H and O–H groups in total. The van der Waals surface area contributed by atoms with Gasteiger partial charge in [0.2, 0.25) is 0 Å². The van der Waals surface area contributed by atoms with Crippen LogP contribution in [-0.4, -0.2) is 11.6 Å². The Balaban J connectivity index is 2.50. The first-order valence-corrected chi connectivity index (χ1v) is 7.26. The van der Waals surface area contributed by atoms with Crippen LogP contribution < -0.4 is 0 Å². The minimum atomic E-state index is -2.91. The van der Waals surface area contributed by atoms with E-state index in [1.165, 1.54) is 6.66 Å². The fourth-order valence-electron chi connectivity index (χ4n) is 0.769. The molecule has 0 heterocycles. The van der Waals surface area contributed by atoms with E-state index in [0.717, 1.165) is 16.9 Å². The van der Waals surface area contributed by atoms with Crippen molar-refractivity contribution in [3.63, 3.8) is 0 Å². The lowest BCUT2D eigenvalue weighted by atomic mass is 10.2. The van der Waals surface area contributed by atoms with E-state index in [2.05, 4.69) is 0 Å². The van der Waals surface area contributed by atoms with Crippen LogP contribution in [0, 0.1) is 0 Å². The molecule has 0 amide bonds.